The van der Waals surface area contributed by atoms with E-state index in [1.807, 2.05) is 60.7 Å². The van der Waals surface area contributed by atoms with Crippen LogP contribution in [0.2, 0.25) is 0 Å². The lowest BCUT2D eigenvalue weighted by Gasteiger charge is -2.26. The van der Waals surface area contributed by atoms with Gasteiger partial charge in [-0.05, 0) is 11.1 Å². The summed E-state index contributed by atoms with van der Waals surface area (Å²) in [5.74, 6) is 0.0184. The number of thioether (sulfide) groups is 1. The van der Waals surface area contributed by atoms with Gasteiger partial charge >= 0.3 is 0 Å². The zero-order valence-corrected chi connectivity index (χ0v) is 12.6. The molecule has 0 atom stereocenters. The SMILES string of the molecule is CN1C(=O)C(c2ccccc2)(c2ccccc2)SC1=S. The first-order chi connectivity index (χ1) is 9.66. The van der Waals surface area contributed by atoms with Gasteiger partial charge < -0.3 is 0 Å². The Hall–Kier alpha value is -1.65. The third-order valence-corrected chi connectivity index (χ3v) is 5.41. The van der Waals surface area contributed by atoms with Gasteiger partial charge in [-0.2, -0.15) is 0 Å². The molecule has 1 aliphatic heterocycles. The highest BCUT2D eigenvalue weighted by Crippen LogP contribution is 2.49. The van der Waals surface area contributed by atoms with Crippen molar-refractivity contribution >= 4 is 34.2 Å². The fraction of sp³-hybridized carbons (Fsp3) is 0.125. The van der Waals surface area contributed by atoms with Crippen molar-refractivity contribution in [3.05, 3.63) is 71.8 Å². The van der Waals surface area contributed by atoms with Gasteiger partial charge in [0.15, 0.2) is 4.75 Å². The van der Waals surface area contributed by atoms with Gasteiger partial charge in [-0.15, -0.1) is 0 Å². The normalized spacial score (nSPS) is 17.6. The number of rotatable bonds is 2. The zero-order valence-electron chi connectivity index (χ0n) is 10.9. The summed E-state index contributed by atoms with van der Waals surface area (Å²) in [5.41, 5.74) is 1.93. The minimum atomic E-state index is -0.756. The summed E-state index contributed by atoms with van der Waals surface area (Å²) >= 11 is 6.78. The molecular weight excluding hydrogens is 286 g/mol. The predicted octanol–water partition coefficient (Wildman–Crippen LogP) is 3.42. The maximum absolute atomic E-state index is 12.9. The topological polar surface area (TPSA) is 20.3 Å². The number of thiocarbonyl (C=S) groups is 1. The molecule has 0 aromatic heterocycles. The number of carbonyl (C=O) groups excluding carboxylic acids is 1. The van der Waals surface area contributed by atoms with Crippen molar-refractivity contribution in [2.75, 3.05) is 7.05 Å². The summed E-state index contributed by atoms with van der Waals surface area (Å²) < 4.78 is -0.142. The van der Waals surface area contributed by atoms with E-state index in [-0.39, 0.29) is 5.91 Å². The smallest absolute Gasteiger partial charge is 0.253 e. The fourth-order valence-corrected chi connectivity index (χ4v) is 4.11. The number of nitrogens with zero attached hydrogens (tertiary/aromatic N) is 1. The van der Waals surface area contributed by atoms with Crippen molar-refractivity contribution in [2.24, 2.45) is 0 Å². The first kappa shape index (κ1) is 13.3. The summed E-state index contributed by atoms with van der Waals surface area (Å²) in [7, 11) is 1.74. The van der Waals surface area contributed by atoms with Gasteiger partial charge in [-0.25, -0.2) is 0 Å². The molecule has 0 aliphatic carbocycles. The van der Waals surface area contributed by atoms with Crippen LogP contribution in [0.15, 0.2) is 60.7 Å². The molecule has 2 aromatic carbocycles. The molecule has 0 bridgehead atoms. The van der Waals surface area contributed by atoms with Gasteiger partial charge in [0.25, 0.3) is 5.91 Å². The Balaban J connectivity index is 2.25. The Morgan fingerprint density at radius 2 is 1.40 bits per heavy atom. The minimum Gasteiger partial charge on any atom is -0.299 e. The number of hydrogen-bond donors (Lipinski definition) is 0. The molecule has 2 aromatic rings. The van der Waals surface area contributed by atoms with E-state index in [1.54, 1.807) is 11.9 Å². The number of amides is 1. The molecule has 1 amide bonds. The second kappa shape index (κ2) is 5.04. The number of benzene rings is 2. The highest BCUT2D eigenvalue weighted by molar-refractivity contribution is 8.24. The van der Waals surface area contributed by atoms with Gasteiger partial charge in [-0.1, -0.05) is 84.6 Å². The number of carbonyl (C=O) groups is 1. The summed E-state index contributed by atoms with van der Waals surface area (Å²) in [6, 6.07) is 19.7. The third kappa shape index (κ3) is 1.87. The number of likely N-dealkylation sites (N-methyl/N-ethyl adjacent to an activating group) is 1. The molecule has 100 valence electrons. The molecule has 20 heavy (non-hydrogen) atoms. The molecule has 0 spiro atoms. The lowest BCUT2D eigenvalue weighted by molar-refractivity contribution is -0.127. The van der Waals surface area contributed by atoms with Crippen molar-refractivity contribution in [2.45, 2.75) is 4.75 Å². The maximum Gasteiger partial charge on any atom is 0.253 e. The number of hydrogen-bond acceptors (Lipinski definition) is 3. The summed E-state index contributed by atoms with van der Waals surface area (Å²) in [5, 5.41) is 0. The predicted molar refractivity (Wildman–Crippen MR) is 86.6 cm³/mol. The van der Waals surface area contributed by atoms with E-state index in [9.17, 15) is 4.79 Å². The van der Waals surface area contributed by atoms with Crippen LogP contribution in [-0.4, -0.2) is 22.2 Å². The Kier molecular flexibility index (Phi) is 3.36. The van der Waals surface area contributed by atoms with E-state index in [0.717, 1.165) is 11.1 Å². The Morgan fingerprint density at radius 3 is 1.75 bits per heavy atom. The average molecular weight is 299 g/mol. The highest BCUT2D eigenvalue weighted by atomic mass is 32.2. The largest absolute Gasteiger partial charge is 0.299 e. The van der Waals surface area contributed by atoms with Crippen LogP contribution in [0.1, 0.15) is 11.1 Å². The molecule has 1 heterocycles. The van der Waals surface area contributed by atoms with Crippen LogP contribution in [0.5, 0.6) is 0 Å². The molecule has 4 heteroatoms. The van der Waals surface area contributed by atoms with Crippen LogP contribution in [0, 0.1) is 0 Å². The molecule has 1 saturated heterocycles. The molecule has 0 N–H and O–H groups in total. The van der Waals surface area contributed by atoms with Crippen LogP contribution in [0.25, 0.3) is 0 Å². The lowest BCUT2D eigenvalue weighted by Crippen LogP contribution is -2.36. The van der Waals surface area contributed by atoms with E-state index >= 15 is 0 Å². The van der Waals surface area contributed by atoms with E-state index in [0.29, 0.717) is 4.32 Å². The lowest BCUT2D eigenvalue weighted by atomic mass is 9.89. The fourth-order valence-electron chi connectivity index (χ4n) is 2.44. The monoisotopic (exact) mass is 299 g/mol. The Labute approximate surface area is 127 Å². The molecule has 2 nitrogen and oxygen atoms in total. The highest BCUT2D eigenvalue weighted by Gasteiger charge is 2.51. The van der Waals surface area contributed by atoms with Gasteiger partial charge in [0.2, 0.25) is 0 Å². The van der Waals surface area contributed by atoms with Gasteiger partial charge in [-0.3, -0.25) is 9.69 Å². The van der Waals surface area contributed by atoms with E-state index < -0.39 is 4.75 Å². The third-order valence-electron chi connectivity index (χ3n) is 3.48. The average Bonchev–Trinajstić information content (AvgIpc) is 2.74. The summed E-state index contributed by atoms with van der Waals surface area (Å²) in [6.07, 6.45) is 0. The summed E-state index contributed by atoms with van der Waals surface area (Å²) in [6.45, 7) is 0. The standard InChI is InChI=1S/C16H13NOS2/c1-17-14(18)16(20-15(17)19,12-8-4-2-5-9-12)13-10-6-3-7-11-13/h2-11H,1H3. The molecular formula is C16H13NOS2. The Morgan fingerprint density at radius 1 is 0.950 bits per heavy atom. The van der Waals surface area contributed by atoms with Crippen molar-refractivity contribution in [1.29, 1.82) is 0 Å². The molecule has 0 saturated carbocycles. The maximum atomic E-state index is 12.9. The minimum absolute atomic E-state index is 0.0184. The molecule has 1 fully saturated rings. The molecule has 3 rings (SSSR count). The first-order valence-electron chi connectivity index (χ1n) is 6.28. The first-order valence-corrected chi connectivity index (χ1v) is 7.51. The van der Waals surface area contributed by atoms with Crippen molar-refractivity contribution in [1.82, 2.24) is 4.90 Å². The van der Waals surface area contributed by atoms with Gasteiger partial charge in [0.1, 0.15) is 4.32 Å². The summed E-state index contributed by atoms with van der Waals surface area (Å²) in [4.78, 5) is 14.4. The van der Waals surface area contributed by atoms with Gasteiger partial charge in [0, 0.05) is 7.05 Å². The molecule has 0 unspecified atom stereocenters. The van der Waals surface area contributed by atoms with Crippen LogP contribution in [0.4, 0.5) is 0 Å². The Bertz CT molecular complexity index is 615. The van der Waals surface area contributed by atoms with Crippen molar-refractivity contribution in [3.8, 4) is 0 Å². The quantitative estimate of drug-likeness (QED) is 0.793. The van der Waals surface area contributed by atoms with E-state index in [1.165, 1.54) is 11.8 Å². The van der Waals surface area contributed by atoms with Crippen molar-refractivity contribution < 1.29 is 4.79 Å². The van der Waals surface area contributed by atoms with Crippen LogP contribution in [0.3, 0.4) is 0 Å². The van der Waals surface area contributed by atoms with Gasteiger partial charge in [0.05, 0.1) is 0 Å². The zero-order chi connectivity index (χ0) is 14.2. The van der Waals surface area contributed by atoms with Crippen molar-refractivity contribution in [3.63, 3.8) is 0 Å². The molecule has 0 radical (unpaired) electrons. The van der Waals surface area contributed by atoms with E-state index in [2.05, 4.69) is 0 Å². The van der Waals surface area contributed by atoms with Crippen LogP contribution >= 0.6 is 24.0 Å². The molecule has 1 aliphatic rings. The van der Waals surface area contributed by atoms with E-state index in [4.69, 9.17) is 12.2 Å². The van der Waals surface area contributed by atoms with Crippen LogP contribution < -0.4 is 0 Å². The second-order valence-electron chi connectivity index (χ2n) is 4.65. The second-order valence-corrected chi connectivity index (χ2v) is 6.49. The van der Waals surface area contributed by atoms with Crippen LogP contribution in [-0.2, 0) is 9.54 Å².